The van der Waals surface area contributed by atoms with Crippen molar-refractivity contribution in [3.05, 3.63) is 71.0 Å². The van der Waals surface area contributed by atoms with Crippen LogP contribution in [0.4, 0.5) is 4.39 Å². The molecule has 0 fully saturated rings. The van der Waals surface area contributed by atoms with Crippen LogP contribution in [0, 0.1) is 11.7 Å². The number of aromatic hydroxyl groups is 1. The number of carbonyl (C=O) groups is 1. The molecular weight excluding hydrogens is 295 g/mol. The van der Waals surface area contributed by atoms with Gasteiger partial charge in [-0.3, -0.25) is 15.6 Å². The fourth-order valence-corrected chi connectivity index (χ4v) is 2.73. The first kappa shape index (κ1) is 15.1. The number of nitrogens with one attached hydrogen (secondary N) is 2. The van der Waals surface area contributed by atoms with E-state index in [1.165, 1.54) is 18.2 Å². The number of halogens is 1. The van der Waals surface area contributed by atoms with Crippen LogP contribution in [0.2, 0.25) is 0 Å². The molecular formula is C18H17FN2O2. The van der Waals surface area contributed by atoms with Crippen LogP contribution in [-0.4, -0.2) is 11.0 Å². The molecule has 118 valence electrons. The number of hydrogen-bond donors (Lipinski definition) is 3. The van der Waals surface area contributed by atoms with E-state index in [-0.39, 0.29) is 17.2 Å². The van der Waals surface area contributed by atoms with Gasteiger partial charge < -0.3 is 5.11 Å². The predicted octanol–water partition coefficient (Wildman–Crippen LogP) is 3.00. The second-order valence-electron chi connectivity index (χ2n) is 5.69. The zero-order valence-corrected chi connectivity index (χ0v) is 12.6. The Kier molecular flexibility index (Phi) is 4.02. The van der Waals surface area contributed by atoms with Gasteiger partial charge in [0.1, 0.15) is 11.6 Å². The number of allylic oxidation sites excluding steroid dienone is 1. The SMILES string of the molecule is CC1C=C(NNC(=O)c2cccc(F)c2)c2ccc(O)cc2C1. The number of hydrazine groups is 1. The van der Waals surface area contributed by atoms with Crippen molar-refractivity contribution in [1.29, 1.82) is 0 Å². The first-order valence-electron chi connectivity index (χ1n) is 7.39. The fourth-order valence-electron chi connectivity index (χ4n) is 2.73. The Morgan fingerprint density at radius 3 is 2.87 bits per heavy atom. The van der Waals surface area contributed by atoms with Gasteiger partial charge in [0.05, 0.1) is 5.70 Å². The summed E-state index contributed by atoms with van der Waals surface area (Å²) in [7, 11) is 0. The number of amides is 1. The molecule has 0 heterocycles. The Labute approximate surface area is 133 Å². The van der Waals surface area contributed by atoms with E-state index in [4.69, 9.17) is 0 Å². The van der Waals surface area contributed by atoms with Gasteiger partial charge in [-0.05, 0) is 54.3 Å². The monoisotopic (exact) mass is 312 g/mol. The lowest BCUT2D eigenvalue weighted by molar-refractivity contribution is 0.0942. The van der Waals surface area contributed by atoms with Crippen molar-refractivity contribution in [3.63, 3.8) is 0 Å². The summed E-state index contributed by atoms with van der Waals surface area (Å²) >= 11 is 0. The summed E-state index contributed by atoms with van der Waals surface area (Å²) in [4.78, 5) is 12.1. The van der Waals surface area contributed by atoms with Crippen molar-refractivity contribution in [3.8, 4) is 5.75 Å². The third-order valence-corrected chi connectivity index (χ3v) is 3.77. The average molecular weight is 312 g/mol. The van der Waals surface area contributed by atoms with E-state index < -0.39 is 11.7 Å². The fraction of sp³-hybridized carbons (Fsp3) is 0.167. The number of phenolic OH excluding ortho intramolecular Hbond substituents is 1. The van der Waals surface area contributed by atoms with Crippen LogP contribution in [0.3, 0.4) is 0 Å². The molecule has 5 heteroatoms. The zero-order valence-electron chi connectivity index (χ0n) is 12.6. The number of phenols is 1. The van der Waals surface area contributed by atoms with Crippen LogP contribution in [0.15, 0.2) is 48.5 Å². The Morgan fingerprint density at radius 2 is 2.09 bits per heavy atom. The molecule has 0 aromatic heterocycles. The number of fused-ring (bicyclic) bond motifs is 1. The maximum absolute atomic E-state index is 13.2. The number of rotatable bonds is 3. The van der Waals surface area contributed by atoms with Gasteiger partial charge in [0.15, 0.2) is 0 Å². The summed E-state index contributed by atoms with van der Waals surface area (Å²) in [6.07, 6.45) is 2.85. The maximum atomic E-state index is 13.2. The van der Waals surface area contributed by atoms with Gasteiger partial charge in [-0.2, -0.15) is 0 Å². The quantitative estimate of drug-likeness (QED) is 0.764. The van der Waals surface area contributed by atoms with Gasteiger partial charge in [0.2, 0.25) is 0 Å². The highest BCUT2D eigenvalue weighted by molar-refractivity contribution is 5.94. The van der Waals surface area contributed by atoms with Crippen molar-refractivity contribution in [1.82, 2.24) is 10.9 Å². The summed E-state index contributed by atoms with van der Waals surface area (Å²) in [6, 6.07) is 10.7. The van der Waals surface area contributed by atoms with Crippen molar-refractivity contribution >= 4 is 11.6 Å². The first-order chi connectivity index (χ1) is 11.0. The summed E-state index contributed by atoms with van der Waals surface area (Å²) in [5.74, 6) is -0.369. The normalized spacial score (nSPS) is 16.3. The highest BCUT2D eigenvalue weighted by Gasteiger charge is 2.18. The Balaban J connectivity index is 1.76. The molecule has 0 spiro atoms. The van der Waals surface area contributed by atoms with Gasteiger partial charge in [0, 0.05) is 11.1 Å². The van der Waals surface area contributed by atoms with Gasteiger partial charge in [-0.1, -0.05) is 19.1 Å². The van der Waals surface area contributed by atoms with Crippen molar-refractivity contribution in [2.75, 3.05) is 0 Å². The molecule has 1 atom stereocenters. The minimum Gasteiger partial charge on any atom is -0.508 e. The van der Waals surface area contributed by atoms with Crippen molar-refractivity contribution < 1.29 is 14.3 Å². The molecule has 1 amide bonds. The summed E-state index contributed by atoms with van der Waals surface area (Å²) in [6.45, 7) is 2.06. The Morgan fingerprint density at radius 1 is 1.26 bits per heavy atom. The van der Waals surface area contributed by atoms with Crippen LogP contribution in [0.1, 0.15) is 28.4 Å². The van der Waals surface area contributed by atoms with E-state index in [1.807, 2.05) is 12.1 Å². The number of hydrogen-bond acceptors (Lipinski definition) is 3. The third kappa shape index (κ3) is 3.34. The van der Waals surface area contributed by atoms with Gasteiger partial charge in [0.25, 0.3) is 5.91 Å². The second kappa shape index (κ2) is 6.12. The van der Waals surface area contributed by atoms with Gasteiger partial charge in [-0.15, -0.1) is 0 Å². The molecule has 1 aliphatic rings. The average Bonchev–Trinajstić information content (AvgIpc) is 2.51. The molecule has 0 saturated carbocycles. The maximum Gasteiger partial charge on any atom is 0.269 e. The third-order valence-electron chi connectivity index (χ3n) is 3.77. The van der Waals surface area contributed by atoms with Crippen LogP contribution >= 0.6 is 0 Å². The summed E-state index contributed by atoms with van der Waals surface area (Å²) in [5.41, 5.74) is 8.45. The molecule has 2 aromatic carbocycles. The highest BCUT2D eigenvalue weighted by atomic mass is 19.1. The predicted molar refractivity (Wildman–Crippen MR) is 86.0 cm³/mol. The molecule has 0 bridgehead atoms. The smallest absolute Gasteiger partial charge is 0.269 e. The van der Waals surface area contributed by atoms with E-state index in [1.54, 1.807) is 18.2 Å². The number of carbonyl (C=O) groups excluding carboxylic acids is 1. The highest BCUT2D eigenvalue weighted by Crippen LogP contribution is 2.29. The lowest BCUT2D eigenvalue weighted by Crippen LogP contribution is -2.37. The first-order valence-corrected chi connectivity index (χ1v) is 7.39. The van der Waals surface area contributed by atoms with Crippen LogP contribution in [-0.2, 0) is 6.42 Å². The second-order valence-corrected chi connectivity index (χ2v) is 5.69. The topological polar surface area (TPSA) is 61.4 Å². The van der Waals surface area contributed by atoms with E-state index >= 15 is 0 Å². The minimum absolute atomic E-state index is 0.223. The van der Waals surface area contributed by atoms with Crippen LogP contribution in [0.25, 0.3) is 5.70 Å². The summed E-state index contributed by atoms with van der Waals surface area (Å²) < 4.78 is 13.2. The molecule has 3 N–H and O–H groups in total. The minimum atomic E-state index is -0.455. The molecule has 0 radical (unpaired) electrons. The zero-order chi connectivity index (χ0) is 16.4. The standard InChI is InChI=1S/C18H17FN2O2/c1-11-7-13-10-15(22)5-6-16(13)17(8-11)20-21-18(23)12-3-2-4-14(19)9-12/h2-6,8-11,20,22H,7H2,1H3,(H,21,23). The lowest BCUT2D eigenvalue weighted by atomic mass is 9.88. The van der Waals surface area contributed by atoms with Crippen molar-refractivity contribution in [2.24, 2.45) is 5.92 Å². The van der Waals surface area contributed by atoms with Crippen LogP contribution in [0.5, 0.6) is 5.75 Å². The van der Waals surface area contributed by atoms with Gasteiger partial charge in [-0.25, -0.2) is 4.39 Å². The Bertz CT molecular complexity index is 786. The van der Waals surface area contributed by atoms with Gasteiger partial charge >= 0.3 is 0 Å². The molecule has 1 unspecified atom stereocenters. The van der Waals surface area contributed by atoms with E-state index in [2.05, 4.69) is 17.8 Å². The summed E-state index contributed by atoms with van der Waals surface area (Å²) in [5, 5.41) is 9.61. The van der Waals surface area contributed by atoms with Crippen LogP contribution < -0.4 is 10.9 Å². The van der Waals surface area contributed by atoms with E-state index in [0.717, 1.165) is 23.2 Å². The van der Waals surface area contributed by atoms with Crippen molar-refractivity contribution in [2.45, 2.75) is 13.3 Å². The molecule has 0 saturated heterocycles. The lowest BCUT2D eigenvalue weighted by Gasteiger charge is -2.23. The molecule has 1 aliphatic carbocycles. The van der Waals surface area contributed by atoms with E-state index in [9.17, 15) is 14.3 Å². The molecule has 2 aromatic rings. The molecule has 0 aliphatic heterocycles. The molecule has 23 heavy (non-hydrogen) atoms. The Hall–Kier alpha value is -2.82. The van der Waals surface area contributed by atoms with E-state index in [0.29, 0.717) is 0 Å². The largest absolute Gasteiger partial charge is 0.508 e. The molecule has 3 rings (SSSR count). The molecule has 4 nitrogen and oxygen atoms in total. The number of benzene rings is 2.